The molecule has 2 bridgehead atoms. The van der Waals surface area contributed by atoms with Crippen molar-refractivity contribution in [1.82, 2.24) is 15.2 Å². The Bertz CT molecular complexity index is 483. The minimum absolute atomic E-state index is 0.0188. The number of fused-ring (bicyclic) bond motifs is 3. The number of pyridine rings is 1. The van der Waals surface area contributed by atoms with Crippen LogP contribution in [0, 0.1) is 5.92 Å². The molecule has 0 aliphatic carbocycles. The Labute approximate surface area is 123 Å². The highest BCUT2D eigenvalue weighted by Crippen LogP contribution is 2.27. The van der Waals surface area contributed by atoms with Gasteiger partial charge in [-0.25, -0.2) is 0 Å². The second kappa shape index (κ2) is 6.41. The molecule has 4 heterocycles. The highest BCUT2D eigenvalue weighted by atomic mass is 32.2. The van der Waals surface area contributed by atoms with E-state index in [4.69, 9.17) is 0 Å². The minimum atomic E-state index is 0.0188. The molecule has 1 N–H and O–H groups in total. The first kappa shape index (κ1) is 13.6. The molecule has 1 atom stereocenters. The molecule has 3 aliphatic heterocycles. The molecule has 1 amide bonds. The van der Waals surface area contributed by atoms with Crippen molar-refractivity contribution in [2.45, 2.75) is 23.8 Å². The van der Waals surface area contributed by atoms with Crippen molar-refractivity contribution in [1.29, 1.82) is 0 Å². The smallest absolute Gasteiger partial charge is 0.244 e. The average molecular weight is 289 g/mol. The van der Waals surface area contributed by atoms with Gasteiger partial charge in [0.15, 0.2) is 0 Å². The van der Waals surface area contributed by atoms with E-state index >= 15 is 0 Å². The SMILES string of the molecule is O=C(/C=C/Sc1ccncc1)NC1CN2CCC1CC2. The Kier molecular flexibility index (Phi) is 4.38. The normalized spacial score (nSPS) is 28.7. The van der Waals surface area contributed by atoms with Gasteiger partial charge in [0.05, 0.1) is 0 Å². The molecular formula is C15H19N3OS. The number of hydrogen-bond donors (Lipinski definition) is 1. The summed E-state index contributed by atoms with van der Waals surface area (Å²) in [7, 11) is 0. The molecule has 0 radical (unpaired) electrons. The van der Waals surface area contributed by atoms with Crippen molar-refractivity contribution in [3.05, 3.63) is 36.0 Å². The predicted molar refractivity (Wildman–Crippen MR) is 80.3 cm³/mol. The lowest BCUT2D eigenvalue weighted by Gasteiger charge is -2.44. The third-order valence-electron chi connectivity index (χ3n) is 4.06. The molecule has 3 fully saturated rings. The second-order valence-corrected chi connectivity index (χ2v) is 6.34. The van der Waals surface area contributed by atoms with Gasteiger partial charge in [0, 0.05) is 36.0 Å². The molecule has 1 aromatic heterocycles. The molecule has 5 heteroatoms. The summed E-state index contributed by atoms with van der Waals surface area (Å²) < 4.78 is 0. The summed E-state index contributed by atoms with van der Waals surface area (Å²) in [5.74, 6) is 0.690. The predicted octanol–water partition coefficient (Wildman–Crippen LogP) is 1.90. The lowest BCUT2D eigenvalue weighted by Crippen LogP contribution is -2.57. The molecular weight excluding hydrogens is 270 g/mol. The highest BCUT2D eigenvalue weighted by molar-refractivity contribution is 8.02. The van der Waals surface area contributed by atoms with Crippen molar-refractivity contribution in [2.75, 3.05) is 19.6 Å². The summed E-state index contributed by atoms with van der Waals surface area (Å²) in [6.45, 7) is 3.41. The van der Waals surface area contributed by atoms with Crippen LogP contribution in [0.4, 0.5) is 0 Å². The fraction of sp³-hybridized carbons (Fsp3) is 0.467. The molecule has 3 aliphatic rings. The lowest BCUT2D eigenvalue weighted by atomic mass is 9.84. The van der Waals surface area contributed by atoms with Crippen LogP contribution in [0.5, 0.6) is 0 Å². The van der Waals surface area contributed by atoms with E-state index in [0.29, 0.717) is 12.0 Å². The molecule has 1 unspecified atom stereocenters. The first-order valence-corrected chi connectivity index (χ1v) is 7.95. The topological polar surface area (TPSA) is 45.2 Å². The van der Waals surface area contributed by atoms with Gasteiger partial charge >= 0.3 is 0 Å². The number of amides is 1. The van der Waals surface area contributed by atoms with Crippen molar-refractivity contribution >= 4 is 17.7 Å². The van der Waals surface area contributed by atoms with Gasteiger partial charge in [-0.15, -0.1) is 0 Å². The Morgan fingerprint density at radius 2 is 2.10 bits per heavy atom. The zero-order chi connectivity index (χ0) is 13.8. The van der Waals surface area contributed by atoms with Crippen LogP contribution in [0.25, 0.3) is 0 Å². The van der Waals surface area contributed by atoms with E-state index in [2.05, 4.69) is 15.2 Å². The quantitative estimate of drug-likeness (QED) is 0.679. The first-order chi connectivity index (χ1) is 9.81. The number of carbonyl (C=O) groups excluding carboxylic acids is 1. The summed E-state index contributed by atoms with van der Waals surface area (Å²) in [6.07, 6.45) is 7.58. The molecule has 0 aromatic carbocycles. The molecule has 4 rings (SSSR count). The van der Waals surface area contributed by atoms with Crippen LogP contribution in [0.3, 0.4) is 0 Å². The fourth-order valence-corrected chi connectivity index (χ4v) is 3.58. The van der Waals surface area contributed by atoms with Gasteiger partial charge in [-0.05, 0) is 49.4 Å². The number of nitrogens with zero attached hydrogens (tertiary/aromatic N) is 2. The second-order valence-electron chi connectivity index (χ2n) is 5.36. The summed E-state index contributed by atoms with van der Waals surface area (Å²) in [5, 5.41) is 4.98. The molecule has 106 valence electrons. The molecule has 1 aromatic rings. The maximum atomic E-state index is 11.9. The van der Waals surface area contributed by atoms with Crippen LogP contribution >= 0.6 is 11.8 Å². The Balaban J connectivity index is 1.47. The summed E-state index contributed by atoms with van der Waals surface area (Å²) in [5.41, 5.74) is 0. The average Bonchev–Trinajstić information content (AvgIpc) is 2.49. The summed E-state index contributed by atoms with van der Waals surface area (Å²) in [4.78, 5) is 19.4. The van der Waals surface area contributed by atoms with Crippen molar-refractivity contribution in [2.24, 2.45) is 5.92 Å². The van der Waals surface area contributed by atoms with Crippen LogP contribution in [0.2, 0.25) is 0 Å². The maximum Gasteiger partial charge on any atom is 0.244 e. The molecule has 4 nitrogen and oxygen atoms in total. The van der Waals surface area contributed by atoms with Crippen LogP contribution < -0.4 is 5.32 Å². The van der Waals surface area contributed by atoms with Gasteiger partial charge in [-0.3, -0.25) is 9.78 Å². The van der Waals surface area contributed by atoms with Gasteiger partial charge < -0.3 is 10.2 Å². The lowest BCUT2D eigenvalue weighted by molar-refractivity contribution is -0.118. The number of rotatable bonds is 4. The van der Waals surface area contributed by atoms with Crippen molar-refractivity contribution < 1.29 is 4.79 Å². The molecule has 20 heavy (non-hydrogen) atoms. The van der Waals surface area contributed by atoms with E-state index in [1.165, 1.54) is 37.7 Å². The van der Waals surface area contributed by atoms with Gasteiger partial charge in [-0.1, -0.05) is 11.8 Å². The van der Waals surface area contributed by atoms with Crippen LogP contribution in [-0.4, -0.2) is 41.5 Å². The number of thioether (sulfide) groups is 1. The third kappa shape index (κ3) is 3.41. The Morgan fingerprint density at radius 3 is 2.75 bits per heavy atom. The Hall–Kier alpha value is -1.33. The number of nitrogens with one attached hydrogen (secondary N) is 1. The number of piperidine rings is 3. The van der Waals surface area contributed by atoms with Gasteiger partial charge in [-0.2, -0.15) is 0 Å². The number of carbonyl (C=O) groups is 1. The van der Waals surface area contributed by atoms with Crippen LogP contribution in [-0.2, 0) is 4.79 Å². The maximum absolute atomic E-state index is 11.9. The van der Waals surface area contributed by atoms with Crippen LogP contribution in [0.15, 0.2) is 40.9 Å². The fourth-order valence-electron chi connectivity index (χ4n) is 2.95. The minimum Gasteiger partial charge on any atom is -0.348 e. The first-order valence-electron chi connectivity index (χ1n) is 7.07. The number of hydrogen-bond acceptors (Lipinski definition) is 4. The zero-order valence-electron chi connectivity index (χ0n) is 11.4. The van der Waals surface area contributed by atoms with E-state index in [1.807, 2.05) is 17.5 Å². The number of aromatic nitrogens is 1. The third-order valence-corrected chi connectivity index (χ3v) is 4.87. The molecule has 3 saturated heterocycles. The van der Waals surface area contributed by atoms with E-state index in [-0.39, 0.29) is 5.91 Å². The standard InChI is InChI=1S/C15H19N3OS/c19-15(5-10-20-13-1-6-16-7-2-13)17-14-11-18-8-3-12(14)4-9-18/h1-2,5-7,10,12,14H,3-4,8-9,11H2,(H,17,19)/b10-5+. The van der Waals surface area contributed by atoms with Crippen molar-refractivity contribution in [3.8, 4) is 0 Å². The van der Waals surface area contributed by atoms with Gasteiger partial charge in [0.2, 0.25) is 5.91 Å². The molecule has 0 saturated carbocycles. The van der Waals surface area contributed by atoms with Crippen LogP contribution in [0.1, 0.15) is 12.8 Å². The zero-order valence-corrected chi connectivity index (χ0v) is 12.2. The highest BCUT2D eigenvalue weighted by Gasteiger charge is 2.34. The van der Waals surface area contributed by atoms with Gasteiger partial charge in [0.1, 0.15) is 0 Å². The van der Waals surface area contributed by atoms with E-state index < -0.39 is 0 Å². The van der Waals surface area contributed by atoms with E-state index in [0.717, 1.165) is 11.4 Å². The Morgan fingerprint density at radius 1 is 1.35 bits per heavy atom. The summed E-state index contributed by atoms with van der Waals surface area (Å²) in [6, 6.07) is 4.20. The van der Waals surface area contributed by atoms with Gasteiger partial charge in [0.25, 0.3) is 0 Å². The monoisotopic (exact) mass is 289 g/mol. The largest absolute Gasteiger partial charge is 0.348 e. The van der Waals surface area contributed by atoms with E-state index in [9.17, 15) is 4.79 Å². The van der Waals surface area contributed by atoms with Crippen molar-refractivity contribution in [3.63, 3.8) is 0 Å². The van der Waals surface area contributed by atoms with E-state index in [1.54, 1.807) is 18.5 Å². The molecule has 0 spiro atoms. The summed E-state index contributed by atoms with van der Waals surface area (Å²) >= 11 is 1.53.